The van der Waals surface area contributed by atoms with Crippen LogP contribution in [0.25, 0.3) is 0 Å². The number of benzene rings is 2. The van der Waals surface area contributed by atoms with E-state index in [-0.39, 0.29) is 18.2 Å². The fraction of sp³-hybridized carbons (Fsp3) is 0.462. The van der Waals surface area contributed by atoms with Crippen molar-refractivity contribution in [3.05, 3.63) is 70.7 Å². The van der Waals surface area contributed by atoms with Crippen LogP contribution in [0.5, 0.6) is 0 Å². The fourth-order valence-electron chi connectivity index (χ4n) is 4.67. The van der Waals surface area contributed by atoms with Crippen LogP contribution in [-0.4, -0.2) is 53.3 Å². The third-order valence-corrected chi connectivity index (χ3v) is 6.96. The SMILES string of the molecule is CCN1CCC(N(C(=O)CC(NC(=O)c2ccccc2Cl)c2ccccc2)C2CC2)CC1. The van der Waals surface area contributed by atoms with Crippen LogP contribution < -0.4 is 5.32 Å². The van der Waals surface area contributed by atoms with Crippen molar-refractivity contribution in [3.63, 3.8) is 0 Å². The van der Waals surface area contributed by atoms with Crippen molar-refractivity contribution in [2.24, 2.45) is 0 Å². The first-order chi connectivity index (χ1) is 15.6. The van der Waals surface area contributed by atoms with Crippen molar-refractivity contribution in [3.8, 4) is 0 Å². The molecule has 2 aromatic rings. The Bertz CT molecular complexity index is 924. The third-order valence-electron chi connectivity index (χ3n) is 6.63. The Labute approximate surface area is 195 Å². The number of carbonyl (C=O) groups excluding carboxylic acids is 2. The summed E-state index contributed by atoms with van der Waals surface area (Å²) in [7, 11) is 0. The monoisotopic (exact) mass is 453 g/mol. The molecule has 1 aliphatic heterocycles. The summed E-state index contributed by atoms with van der Waals surface area (Å²) < 4.78 is 0. The lowest BCUT2D eigenvalue weighted by Crippen LogP contribution is -2.49. The van der Waals surface area contributed by atoms with Gasteiger partial charge in [0.15, 0.2) is 0 Å². The smallest absolute Gasteiger partial charge is 0.253 e. The standard InChI is InChI=1S/C26H32ClN3O2/c1-2-29-16-14-21(15-17-29)30(20-12-13-20)25(31)18-24(19-8-4-3-5-9-19)28-26(32)22-10-6-7-11-23(22)27/h3-11,20-21,24H,2,12-18H2,1H3,(H,28,32). The van der Waals surface area contributed by atoms with E-state index in [2.05, 4.69) is 22.0 Å². The molecule has 170 valence electrons. The van der Waals surface area contributed by atoms with E-state index < -0.39 is 6.04 Å². The van der Waals surface area contributed by atoms with Gasteiger partial charge in [-0.25, -0.2) is 0 Å². The molecule has 1 aliphatic carbocycles. The summed E-state index contributed by atoms with van der Waals surface area (Å²) in [6.45, 7) is 5.34. The van der Waals surface area contributed by atoms with Gasteiger partial charge in [-0.1, -0.05) is 61.0 Å². The van der Waals surface area contributed by atoms with Gasteiger partial charge in [0.2, 0.25) is 5.91 Å². The molecule has 1 saturated carbocycles. The van der Waals surface area contributed by atoms with Gasteiger partial charge in [0.1, 0.15) is 0 Å². The molecule has 2 amide bonds. The molecule has 2 fully saturated rings. The summed E-state index contributed by atoms with van der Waals surface area (Å²) in [6.07, 6.45) is 4.48. The minimum atomic E-state index is -0.399. The molecule has 1 unspecified atom stereocenters. The maximum atomic E-state index is 13.6. The zero-order valence-corrected chi connectivity index (χ0v) is 19.4. The molecular weight excluding hydrogens is 422 g/mol. The van der Waals surface area contributed by atoms with Gasteiger partial charge < -0.3 is 15.1 Å². The van der Waals surface area contributed by atoms with E-state index in [1.165, 1.54) is 0 Å². The number of nitrogens with one attached hydrogen (secondary N) is 1. The number of carbonyl (C=O) groups is 2. The van der Waals surface area contributed by atoms with Gasteiger partial charge in [0, 0.05) is 25.2 Å². The average molecular weight is 454 g/mol. The summed E-state index contributed by atoms with van der Waals surface area (Å²) in [5.41, 5.74) is 1.35. The Balaban J connectivity index is 1.50. The number of likely N-dealkylation sites (tertiary alicyclic amines) is 1. The summed E-state index contributed by atoms with van der Waals surface area (Å²) in [5, 5.41) is 3.48. The van der Waals surface area contributed by atoms with Crippen LogP contribution >= 0.6 is 11.6 Å². The van der Waals surface area contributed by atoms with Crippen molar-refractivity contribution in [2.45, 2.75) is 57.2 Å². The van der Waals surface area contributed by atoms with Crippen molar-refractivity contribution in [1.82, 2.24) is 15.1 Å². The number of hydrogen-bond acceptors (Lipinski definition) is 3. The second-order valence-electron chi connectivity index (χ2n) is 8.82. The van der Waals surface area contributed by atoms with Crippen molar-refractivity contribution >= 4 is 23.4 Å². The van der Waals surface area contributed by atoms with E-state index in [1.54, 1.807) is 24.3 Å². The van der Waals surface area contributed by atoms with Crippen LogP contribution in [0, 0.1) is 0 Å². The van der Waals surface area contributed by atoms with E-state index in [0.717, 1.165) is 50.9 Å². The Kier molecular flexibility index (Phi) is 7.48. The van der Waals surface area contributed by atoms with Gasteiger partial charge in [-0.15, -0.1) is 0 Å². The molecule has 6 heteroatoms. The molecule has 1 N–H and O–H groups in total. The van der Waals surface area contributed by atoms with Crippen molar-refractivity contribution in [1.29, 1.82) is 0 Å². The number of piperidine rings is 1. The summed E-state index contributed by atoms with van der Waals surface area (Å²) in [6, 6.07) is 17.0. The van der Waals surface area contributed by atoms with Gasteiger partial charge in [0.25, 0.3) is 5.91 Å². The van der Waals surface area contributed by atoms with E-state index in [4.69, 9.17) is 11.6 Å². The van der Waals surface area contributed by atoms with Crippen LogP contribution in [0.1, 0.15) is 61.0 Å². The minimum absolute atomic E-state index is 0.135. The highest BCUT2D eigenvalue weighted by Gasteiger charge is 2.39. The first-order valence-electron chi connectivity index (χ1n) is 11.7. The first-order valence-corrected chi connectivity index (χ1v) is 12.1. The van der Waals surface area contributed by atoms with Crippen LogP contribution in [0.2, 0.25) is 5.02 Å². The Hall–Kier alpha value is -2.37. The number of halogens is 1. The van der Waals surface area contributed by atoms with Crippen LogP contribution in [-0.2, 0) is 4.79 Å². The predicted octanol–water partition coefficient (Wildman–Crippen LogP) is 4.68. The van der Waals surface area contributed by atoms with Gasteiger partial charge in [0.05, 0.1) is 23.0 Å². The second kappa shape index (κ2) is 10.5. The molecule has 1 atom stereocenters. The average Bonchev–Trinajstić information content (AvgIpc) is 3.65. The quantitative estimate of drug-likeness (QED) is 0.631. The van der Waals surface area contributed by atoms with Crippen LogP contribution in [0.4, 0.5) is 0 Å². The molecule has 1 heterocycles. The Morgan fingerprint density at radius 3 is 2.25 bits per heavy atom. The molecule has 0 spiro atoms. The number of hydrogen-bond donors (Lipinski definition) is 1. The van der Waals surface area contributed by atoms with Crippen molar-refractivity contribution < 1.29 is 9.59 Å². The maximum Gasteiger partial charge on any atom is 0.253 e. The number of amides is 2. The van der Waals surface area contributed by atoms with Crippen molar-refractivity contribution in [2.75, 3.05) is 19.6 Å². The maximum absolute atomic E-state index is 13.6. The van der Waals surface area contributed by atoms with E-state index in [1.807, 2.05) is 30.3 Å². The van der Waals surface area contributed by atoms with Crippen LogP contribution in [0.15, 0.2) is 54.6 Å². The Morgan fingerprint density at radius 1 is 1.00 bits per heavy atom. The van der Waals surface area contributed by atoms with E-state index in [0.29, 0.717) is 22.7 Å². The zero-order chi connectivity index (χ0) is 22.5. The molecule has 2 aromatic carbocycles. The van der Waals surface area contributed by atoms with Gasteiger partial charge >= 0.3 is 0 Å². The van der Waals surface area contributed by atoms with E-state index >= 15 is 0 Å². The van der Waals surface area contributed by atoms with Gasteiger partial charge in [-0.05, 0) is 49.9 Å². The lowest BCUT2D eigenvalue weighted by Gasteiger charge is -2.39. The zero-order valence-electron chi connectivity index (χ0n) is 18.7. The molecular formula is C26H32ClN3O2. The summed E-state index contributed by atoms with van der Waals surface area (Å²) in [5.74, 6) is -0.123. The molecule has 0 bridgehead atoms. The van der Waals surface area contributed by atoms with Crippen LogP contribution in [0.3, 0.4) is 0 Å². The number of rotatable bonds is 8. The normalized spacial score (nSPS) is 18.2. The largest absolute Gasteiger partial charge is 0.345 e. The lowest BCUT2D eigenvalue weighted by atomic mass is 9.99. The first kappa shape index (κ1) is 22.8. The molecule has 5 nitrogen and oxygen atoms in total. The highest BCUT2D eigenvalue weighted by atomic mass is 35.5. The highest BCUT2D eigenvalue weighted by molar-refractivity contribution is 6.33. The minimum Gasteiger partial charge on any atom is -0.345 e. The van der Waals surface area contributed by atoms with E-state index in [9.17, 15) is 9.59 Å². The molecule has 2 aliphatic rings. The molecule has 32 heavy (non-hydrogen) atoms. The summed E-state index contributed by atoms with van der Waals surface area (Å²) >= 11 is 6.24. The molecule has 1 saturated heterocycles. The lowest BCUT2D eigenvalue weighted by molar-refractivity contribution is -0.135. The summed E-state index contributed by atoms with van der Waals surface area (Å²) in [4.78, 5) is 31.2. The molecule has 0 radical (unpaired) electrons. The topological polar surface area (TPSA) is 52.6 Å². The fourth-order valence-corrected chi connectivity index (χ4v) is 4.89. The Morgan fingerprint density at radius 2 is 1.62 bits per heavy atom. The van der Waals surface area contributed by atoms with Gasteiger partial charge in [-0.3, -0.25) is 9.59 Å². The number of nitrogens with zero attached hydrogens (tertiary/aromatic N) is 2. The molecule has 4 rings (SSSR count). The molecule has 0 aromatic heterocycles. The highest BCUT2D eigenvalue weighted by Crippen LogP contribution is 2.34. The third kappa shape index (κ3) is 5.51. The second-order valence-corrected chi connectivity index (χ2v) is 9.23. The van der Waals surface area contributed by atoms with Gasteiger partial charge in [-0.2, -0.15) is 0 Å². The predicted molar refractivity (Wildman–Crippen MR) is 128 cm³/mol.